The summed E-state index contributed by atoms with van der Waals surface area (Å²) in [6, 6.07) is 15.0. The molecule has 0 radical (unpaired) electrons. The molecule has 1 aliphatic rings. The van der Waals surface area contributed by atoms with Gasteiger partial charge in [0.15, 0.2) is 5.58 Å². The van der Waals surface area contributed by atoms with Gasteiger partial charge in [0.1, 0.15) is 12.4 Å². The molecule has 4 rings (SSSR count). The van der Waals surface area contributed by atoms with Crippen molar-refractivity contribution in [3.05, 3.63) is 64.6 Å². The largest absolute Gasteiger partial charge is 0.492 e. The molecule has 0 N–H and O–H groups in total. The molecule has 0 saturated carbocycles. The number of carbonyl (C=O) groups is 1. The summed E-state index contributed by atoms with van der Waals surface area (Å²) in [5.74, 6) is -0.108. The molecule has 0 saturated heterocycles. The van der Waals surface area contributed by atoms with Crippen molar-refractivity contribution in [3.8, 4) is 5.75 Å². The number of esters is 1. The first-order valence-electron chi connectivity index (χ1n) is 8.68. The van der Waals surface area contributed by atoms with Crippen molar-refractivity contribution >= 4 is 17.1 Å². The fourth-order valence-electron chi connectivity index (χ4n) is 3.22. The molecule has 3 aromatic rings. The summed E-state index contributed by atoms with van der Waals surface area (Å²) in [6.07, 6.45) is 1.17. The Kier molecular flexibility index (Phi) is 4.48. The maximum atomic E-state index is 12.3. The first kappa shape index (κ1) is 16.4. The average Bonchev–Trinajstić information content (AvgIpc) is 3.00. The Morgan fingerprint density at radius 1 is 1.15 bits per heavy atom. The van der Waals surface area contributed by atoms with E-state index < -0.39 is 5.76 Å². The summed E-state index contributed by atoms with van der Waals surface area (Å²) in [5, 5.41) is 0. The standard InChI is InChI=1S/C20H19NO5/c22-19(15-12-14-6-1-3-8-17(14)25-13-15)24-11-5-10-21-16-7-2-4-9-18(16)26-20(21)23/h1-4,6-9,15H,5,10-13H2. The van der Waals surface area contributed by atoms with Crippen LogP contribution in [0.4, 0.5) is 0 Å². The molecule has 1 atom stereocenters. The topological polar surface area (TPSA) is 70.7 Å². The van der Waals surface area contributed by atoms with Gasteiger partial charge in [-0.3, -0.25) is 9.36 Å². The summed E-state index contributed by atoms with van der Waals surface area (Å²) in [5.41, 5.74) is 2.34. The normalized spacial score (nSPS) is 16.1. The van der Waals surface area contributed by atoms with Crippen LogP contribution in [0.25, 0.3) is 11.1 Å². The number of aryl methyl sites for hydroxylation is 1. The van der Waals surface area contributed by atoms with E-state index in [9.17, 15) is 9.59 Å². The highest BCUT2D eigenvalue weighted by Gasteiger charge is 2.26. The lowest BCUT2D eigenvalue weighted by atomic mass is 9.97. The maximum Gasteiger partial charge on any atom is 0.419 e. The Morgan fingerprint density at radius 2 is 1.96 bits per heavy atom. The van der Waals surface area contributed by atoms with Crippen LogP contribution in [-0.4, -0.2) is 23.8 Å². The predicted molar refractivity (Wildman–Crippen MR) is 95.2 cm³/mol. The maximum absolute atomic E-state index is 12.3. The number of fused-ring (bicyclic) bond motifs is 2. The Bertz CT molecular complexity index is 987. The summed E-state index contributed by atoms with van der Waals surface area (Å²) in [4.78, 5) is 24.2. The number of nitrogens with zero attached hydrogens (tertiary/aromatic N) is 1. The van der Waals surface area contributed by atoms with Crippen molar-refractivity contribution < 1.29 is 18.7 Å². The van der Waals surface area contributed by atoms with Crippen LogP contribution >= 0.6 is 0 Å². The van der Waals surface area contributed by atoms with E-state index in [0.29, 0.717) is 31.6 Å². The second kappa shape index (κ2) is 7.07. The van der Waals surface area contributed by atoms with Crippen LogP contribution in [0.15, 0.2) is 57.7 Å². The van der Waals surface area contributed by atoms with Gasteiger partial charge < -0.3 is 13.9 Å². The molecule has 6 nitrogen and oxygen atoms in total. The van der Waals surface area contributed by atoms with E-state index in [4.69, 9.17) is 13.9 Å². The molecule has 0 fully saturated rings. The van der Waals surface area contributed by atoms with E-state index in [1.165, 1.54) is 0 Å². The Balaban J connectivity index is 1.30. The van der Waals surface area contributed by atoms with Crippen molar-refractivity contribution in [1.82, 2.24) is 4.57 Å². The van der Waals surface area contributed by atoms with Crippen molar-refractivity contribution in [1.29, 1.82) is 0 Å². The molecule has 0 amide bonds. The second-order valence-corrected chi connectivity index (χ2v) is 6.33. The van der Waals surface area contributed by atoms with Gasteiger partial charge in [0.25, 0.3) is 0 Å². The van der Waals surface area contributed by atoms with E-state index in [1.807, 2.05) is 42.5 Å². The number of para-hydroxylation sites is 3. The zero-order valence-corrected chi connectivity index (χ0v) is 14.2. The van der Waals surface area contributed by atoms with Crippen LogP contribution in [0.2, 0.25) is 0 Å². The number of hydrogen-bond donors (Lipinski definition) is 0. The van der Waals surface area contributed by atoms with Crippen molar-refractivity contribution in [2.45, 2.75) is 19.4 Å². The number of carbonyl (C=O) groups excluding carboxylic acids is 1. The smallest absolute Gasteiger partial charge is 0.419 e. The van der Waals surface area contributed by atoms with Crippen LogP contribution in [-0.2, 0) is 22.5 Å². The van der Waals surface area contributed by atoms with Crippen molar-refractivity contribution in [2.24, 2.45) is 5.92 Å². The van der Waals surface area contributed by atoms with Gasteiger partial charge in [-0.15, -0.1) is 0 Å². The Labute approximate surface area is 149 Å². The number of rotatable bonds is 5. The van der Waals surface area contributed by atoms with Gasteiger partial charge in [-0.05, 0) is 36.6 Å². The minimum Gasteiger partial charge on any atom is -0.492 e. The van der Waals surface area contributed by atoms with Crippen LogP contribution in [0.5, 0.6) is 5.75 Å². The number of ether oxygens (including phenoxy) is 2. The van der Waals surface area contributed by atoms with Crippen LogP contribution in [0.1, 0.15) is 12.0 Å². The molecule has 134 valence electrons. The molecule has 0 aliphatic carbocycles. The second-order valence-electron chi connectivity index (χ2n) is 6.33. The third kappa shape index (κ3) is 3.22. The average molecular weight is 353 g/mol. The number of oxazole rings is 1. The predicted octanol–water partition coefficient (Wildman–Crippen LogP) is 2.78. The Morgan fingerprint density at radius 3 is 2.88 bits per heavy atom. The first-order valence-corrected chi connectivity index (χ1v) is 8.68. The minimum atomic E-state index is -0.394. The third-order valence-electron chi connectivity index (χ3n) is 4.56. The highest BCUT2D eigenvalue weighted by Crippen LogP contribution is 2.27. The van der Waals surface area contributed by atoms with Gasteiger partial charge in [0.05, 0.1) is 18.0 Å². The summed E-state index contributed by atoms with van der Waals surface area (Å²) >= 11 is 0. The fraction of sp³-hybridized carbons (Fsp3) is 0.300. The third-order valence-corrected chi connectivity index (χ3v) is 4.56. The number of benzene rings is 2. The Hall–Kier alpha value is -3.02. The lowest BCUT2D eigenvalue weighted by molar-refractivity contribution is -0.150. The minimum absolute atomic E-state index is 0.253. The SMILES string of the molecule is O=C(OCCCn1c(=O)oc2ccccc21)C1COc2ccccc2C1. The lowest BCUT2D eigenvalue weighted by Gasteiger charge is -2.23. The van der Waals surface area contributed by atoms with Gasteiger partial charge in [0.2, 0.25) is 0 Å². The lowest BCUT2D eigenvalue weighted by Crippen LogP contribution is -2.30. The molecule has 26 heavy (non-hydrogen) atoms. The molecule has 6 heteroatoms. The quantitative estimate of drug-likeness (QED) is 0.521. The number of hydrogen-bond acceptors (Lipinski definition) is 5. The van der Waals surface area contributed by atoms with Gasteiger partial charge >= 0.3 is 11.7 Å². The van der Waals surface area contributed by atoms with Crippen molar-refractivity contribution in [3.63, 3.8) is 0 Å². The molecule has 1 aromatic heterocycles. The molecule has 1 aliphatic heterocycles. The van der Waals surface area contributed by atoms with Crippen molar-refractivity contribution in [2.75, 3.05) is 13.2 Å². The van der Waals surface area contributed by atoms with E-state index in [0.717, 1.165) is 16.8 Å². The van der Waals surface area contributed by atoms with Gasteiger partial charge in [-0.2, -0.15) is 0 Å². The first-order chi connectivity index (χ1) is 12.7. The molecule has 0 spiro atoms. The highest BCUT2D eigenvalue weighted by atomic mass is 16.5. The van der Waals surface area contributed by atoms with Gasteiger partial charge in [0, 0.05) is 6.54 Å². The highest BCUT2D eigenvalue weighted by molar-refractivity contribution is 5.74. The van der Waals surface area contributed by atoms with E-state index >= 15 is 0 Å². The van der Waals surface area contributed by atoms with E-state index in [-0.39, 0.29) is 18.5 Å². The number of aromatic nitrogens is 1. The zero-order valence-electron chi connectivity index (χ0n) is 14.2. The molecular weight excluding hydrogens is 334 g/mol. The van der Waals surface area contributed by atoms with E-state index in [2.05, 4.69) is 0 Å². The molecule has 2 aromatic carbocycles. The molecule has 1 unspecified atom stereocenters. The van der Waals surface area contributed by atoms with Gasteiger partial charge in [-0.25, -0.2) is 4.79 Å². The van der Waals surface area contributed by atoms with Gasteiger partial charge in [-0.1, -0.05) is 30.3 Å². The van der Waals surface area contributed by atoms with Crippen LogP contribution < -0.4 is 10.5 Å². The van der Waals surface area contributed by atoms with Crippen LogP contribution in [0, 0.1) is 5.92 Å². The molecular formula is C20H19NO5. The van der Waals surface area contributed by atoms with E-state index in [1.54, 1.807) is 10.6 Å². The summed E-state index contributed by atoms with van der Waals surface area (Å²) in [7, 11) is 0. The monoisotopic (exact) mass is 353 g/mol. The zero-order chi connectivity index (χ0) is 17.9. The molecule has 2 heterocycles. The summed E-state index contributed by atoms with van der Waals surface area (Å²) in [6.45, 7) is 1.03. The molecule has 0 bridgehead atoms. The van der Waals surface area contributed by atoms with Crippen LogP contribution in [0.3, 0.4) is 0 Å². The fourth-order valence-corrected chi connectivity index (χ4v) is 3.22. The summed E-state index contributed by atoms with van der Waals surface area (Å²) < 4.78 is 17.8.